The lowest BCUT2D eigenvalue weighted by Crippen LogP contribution is -2.54. The number of nitrogens with zero attached hydrogens (tertiary/aromatic N) is 1. The molecule has 9 unspecified atom stereocenters. The van der Waals surface area contributed by atoms with Crippen molar-refractivity contribution in [3.8, 4) is 0 Å². The summed E-state index contributed by atoms with van der Waals surface area (Å²) in [6, 6.07) is 0.115. The number of carbonyl (C=O) groups excluding carboxylic acids is 1. The maximum Gasteiger partial charge on any atom is 0.266 e. The highest BCUT2D eigenvalue weighted by atomic mass is 32.2. The van der Waals surface area contributed by atoms with Gasteiger partial charge in [0.1, 0.15) is 0 Å². The summed E-state index contributed by atoms with van der Waals surface area (Å²) < 4.78 is 32.3. The molecular weight excluding hydrogens is 510 g/mol. The number of rotatable bonds is 8. The first-order valence-electron chi connectivity index (χ1n) is 16.3. The van der Waals surface area contributed by atoms with Crippen molar-refractivity contribution in [1.29, 1.82) is 0 Å². The molecule has 5 rings (SSSR count). The van der Waals surface area contributed by atoms with Crippen molar-refractivity contribution in [1.82, 2.24) is 4.90 Å². The van der Waals surface area contributed by atoms with Gasteiger partial charge in [0.15, 0.2) is 0 Å². The number of hydrogen-bond acceptors (Lipinski definition) is 4. The first-order chi connectivity index (χ1) is 18.4. The van der Waals surface area contributed by atoms with Gasteiger partial charge < -0.3 is 10.0 Å². The van der Waals surface area contributed by atoms with Crippen LogP contribution in [0.4, 0.5) is 0 Å². The maximum atomic E-state index is 13.5. The molecule has 5 fully saturated rings. The zero-order valence-electron chi connectivity index (χ0n) is 24.8. The van der Waals surface area contributed by atoms with Crippen LogP contribution in [-0.4, -0.2) is 53.3 Å². The Morgan fingerprint density at radius 2 is 1.62 bits per heavy atom. The summed E-state index contributed by atoms with van der Waals surface area (Å²) in [7, 11) is -4.09. The van der Waals surface area contributed by atoms with Crippen LogP contribution in [0, 0.1) is 46.3 Å². The van der Waals surface area contributed by atoms with Crippen molar-refractivity contribution >= 4 is 16.0 Å². The Morgan fingerprint density at radius 1 is 0.923 bits per heavy atom. The van der Waals surface area contributed by atoms with Gasteiger partial charge in [0.2, 0.25) is 5.91 Å². The summed E-state index contributed by atoms with van der Waals surface area (Å²) in [5, 5.41) is 10.3. The number of aliphatic hydroxyl groups is 1. The van der Waals surface area contributed by atoms with E-state index in [0.717, 1.165) is 62.7 Å². The molecule has 1 amide bonds. The molecule has 6 nitrogen and oxygen atoms in total. The summed E-state index contributed by atoms with van der Waals surface area (Å²) in [6.07, 6.45) is 17.5. The zero-order valence-corrected chi connectivity index (χ0v) is 25.6. The first kappa shape index (κ1) is 29.8. The standard InChI is InChI=1S/C32H55NO5S/c1-22(9-14-30(35)33(19-20-39(36,37)38)24-7-5-4-6-8-24)27-12-13-28-26-11-10-23-21-25(34)15-17-31(23,2)29(26)16-18-32(27,28)3/h22-29,34H,4-21H2,1-3H3,(H,36,37,38). The molecule has 0 aromatic rings. The highest BCUT2D eigenvalue weighted by Crippen LogP contribution is 2.68. The van der Waals surface area contributed by atoms with E-state index in [1.165, 1.54) is 51.4 Å². The molecule has 5 aliphatic carbocycles. The van der Waals surface area contributed by atoms with E-state index >= 15 is 0 Å². The van der Waals surface area contributed by atoms with E-state index in [4.69, 9.17) is 0 Å². The molecule has 5 aliphatic rings. The lowest BCUT2D eigenvalue weighted by Gasteiger charge is -2.61. The molecule has 0 radical (unpaired) electrons. The van der Waals surface area contributed by atoms with Crippen LogP contribution in [0.1, 0.15) is 124 Å². The molecule has 7 heteroatoms. The minimum atomic E-state index is -4.09. The van der Waals surface area contributed by atoms with E-state index in [0.29, 0.717) is 35.0 Å². The molecular formula is C32H55NO5S. The molecule has 0 bridgehead atoms. The van der Waals surface area contributed by atoms with E-state index in [1.807, 2.05) is 0 Å². The first-order valence-corrected chi connectivity index (χ1v) is 18.0. The van der Waals surface area contributed by atoms with Gasteiger partial charge in [0.25, 0.3) is 10.1 Å². The van der Waals surface area contributed by atoms with Gasteiger partial charge in [-0.3, -0.25) is 9.35 Å². The topological polar surface area (TPSA) is 94.9 Å². The summed E-state index contributed by atoms with van der Waals surface area (Å²) >= 11 is 0. The second kappa shape index (κ2) is 11.6. The predicted molar refractivity (Wildman–Crippen MR) is 155 cm³/mol. The fraction of sp³-hybridized carbons (Fsp3) is 0.969. The van der Waals surface area contributed by atoms with E-state index < -0.39 is 10.1 Å². The lowest BCUT2D eigenvalue weighted by atomic mass is 9.44. The van der Waals surface area contributed by atoms with Crippen molar-refractivity contribution in [2.75, 3.05) is 12.3 Å². The summed E-state index contributed by atoms with van der Waals surface area (Å²) in [4.78, 5) is 15.2. The van der Waals surface area contributed by atoms with Crippen LogP contribution >= 0.6 is 0 Å². The predicted octanol–water partition coefficient (Wildman–Crippen LogP) is 6.47. The second-order valence-electron chi connectivity index (χ2n) is 15.0. The van der Waals surface area contributed by atoms with Crippen LogP contribution in [0.2, 0.25) is 0 Å². The van der Waals surface area contributed by atoms with Crippen LogP contribution in [-0.2, 0) is 14.9 Å². The normalized spacial score (nSPS) is 41.8. The fourth-order valence-electron chi connectivity index (χ4n) is 11.0. The third-order valence-electron chi connectivity index (χ3n) is 13.1. The van der Waals surface area contributed by atoms with Gasteiger partial charge in [0, 0.05) is 19.0 Å². The molecule has 0 spiro atoms. The Hall–Kier alpha value is -0.660. The smallest absolute Gasteiger partial charge is 0.266 e. The summed E-state index contributed by atoms with van der Waals surface area (Å²) in [6.45, 7) is 7.61. The van der Waals surface area contributed by atoms with Crippen molar-refractivity contribution < 1.29 is 22.9 Å². The summed E-state index contributed by atoms with van der Waals surface area (Å²) in [5.74, 6) is 3.95. The highest BCUT2D eigenvalue weighted by Gasteiger charge is 2.60. The molecule has 0 heterocycles. The largest absolute Gasteiger partial charge is 0.393 e. The number of carbonyl (C=O) groups is 1. The van der Waals surface area contributed by atoms with Gasteiger partial charge in [-0.15, -0.1) is 0 Å². The van der Waals surface area contributed by atoms with E-state index in [2.05, 4.69) is 20.8 Å². The monoisotopic (exact) mass is 565 g/mol. The second-order valence-corrected chi connectivity index (χ2v) is 16.6. The average Bonchev–Trinajstić information content (AvgIpc) is 3.25. The van der Waals surface area contributed by atoms with E-state index in [-0.39, 0.29) is 30.4 Å². The van der Waals surface area contributed by atoms with Gasteiger partial charge in [0.05, 0.1) is 11.9 Å². The number of amides is 1. The Kier molecular flexibility index (Phi) is 8.83. The van der Waals surface area contributed by atoms with E-state index in [1.54, 1.807) is 4.90 Å². The van der Waals surface area contributed by atoms with Crippen LogP contribution < -0.4 is 0 Å². The molecule has 39 heavy (non-hydrogen) atoms. The molecule has 224 valence electrons. The lowest BCUT2D eigenvalue weighted by molar-refractivity contribution is -0.135. The Balaban J connectivity index is 1.21. The van der Waals surface area contributed by atoms with Crippen LogP contribution in [0.3, 0.4) is 0 Å². The number of hydrogen-bond donors (Lipinski definition) is 2. The van der Waals surface area contributed by atoms with Gasteiger partial charge >= 0.3 is 0 Å². The molecule has 0 aromatic heterocycles. The SMILES string of the molecule is CC(CCC(=O)N(CCS(=O)(=O)O)C1CCCCC1)C1CCC2C3CCC4CC(O)CCC4(C)C3CCC12C. The van der Waals surface area contributed by atoms with Gasteiger partial charge in [-0.05, 0) is 123 Å². The highest BCUT2D eigenvalue weighted by molar-refractivity contribution is 7.85. The minimum Gasteiger partial charge on any atom is -0.393 e. The Labute approximate surface area is 237 Å². The van der Waals surface area contributed by atoms with E-state index in [9.17, 15) is 22.9 Å². The zero-order chi connectivity index (χ0) is 28.0. The molecule has 0 aromatic carbocycles. The maximum absolute atomic E-state index is 13.5. The summed E-state index contributed by atoms with van der Waals surface area (Å²) in [5.41, 5.74) is 0.763. The Bertz CT molecular complexity index is 979. The van der Waals surface area contributed by atoms with Crippen molar-refractivity contribution in [2.45, 2.75) is 136 Å². The van der Waals surface area contributed by atoms with Crippen molar-refractivity contribution in [2.24, 2.45) is 46.3 Å². The van der Waals surface area contributed by atoms with Gasteiger partial charge in [-0.2, -0.15) is 8.42 Å². The quantitative estimate of drug-likeness (QED) is 0.329. The van der Waals surface area contributed by atoms with Crippen LogP contribution in [0.15, 0.2) is 0 Å². The molecule has 5 saturated carbocycles. The molecule has 0 saturated heterocycles. The third-order valence-corrected chi connectivity index (χ3v) is 13.8. The van der Waals surface area contributed by atoms with Gasteiger partial charge in [-0.25, -0.2) is 0 Å². The number of aliphatic hydroxyl groups excluding tert-OH is 1. The average molecular weight is 566 g/mol. The minimum absolute atomic E-state index is 0.0755. The Morgan fingerprint density at radius 3 is 2.33 bits per heavy atom. The molecule has 9 atom stereocenters. The molecule has 0 aliphatic heterocycles. The fourth-order valence-corrected chi connectivity index (χ4v) is 11.5. The third kappa shape index (κ3) is 5.98. The van der Waals surface area contributed by atoms with Crippen LogP contribution in [0.25, 0.3) is 0 Å². The van der Waals surface area contributed by atoms with Crippen LogP contribution in [0.5, 0.6) is 0 Å². The van der Waals surface area contributed by atoms with Crippen molar-refractivity contribution in [3.63, 3.8) is 0 Å². The van der Waals surface area contributed by atoms with Crippen molar-refractivity contribution in [3.05, 3.63) is 0 Å². The van der Waals surface area contributed by atoms with Gasteiger partial charge in [-0.1, -0.05) is 40.0 Å². The molecule has 2 N–H and O–H groups in total. The number of fused-ring (bicyclic) bond motifs is 5.